The highest BCUT2D eigenvalue weighted by molar-refractivity contribution is 5.80. The Hall–Kier alpha value is -1.59. The first-order valence-electron chi connectivity index (χ1n) is 8.64. The van der Waals surface area contributed by atoms with Crippen LogP contribution in [0.3, 0.4) is 0 Å². The number of aryl methyl sites for hydroxylation is 1. The van der Waals surface area contributed by atoms with Crippen LogP contribution in [0, 0.1) is 5.92 Å². The molecule has 2 N–H and O–H groups in total. The Kier molecular flexibility index (Phi) is 6.68. The van der Waals surface area contributed by atoms with Crippen molar-refractivity contribution in [3.8, 4) is 0 Å². The fourth-order valence-corrected chi connectivity index (χ4v) is 2.93. The van der Waals surface area contributed by atoms with E-state index in [0.29, 0.717) is 6.04 Å². The summed E-state index contributed by atoms with van der Waals surface area (Å²) < 4.78 is 2.08. The van der Waals surface area contributed by atoms with Crippen molar-refractivity contribution >= 4 is 5.96 Å². The zero-order valence-electron chi connectivity index (χ0n) is 14.2. The average Bonchev–Trinajstić information content (AvgIpc) is 2.97. The van der Waals surface area contributed by atoms with Gasteiger partial charge in [-0.05, 0) is 38.5 Å². The predicted octanol–water partition coefficient (Wildman–Crippen LogP) is 1.97. The third-order valence-electron chi connectivity index (χ3n) is 4.32. The third-order valence-corrected chi connectivity index (χ3v) is 4.32. The molecule has 1 aliphatic carbocycles. The lowest BCUT2D eigenvalue weighted by Crippen LogP contribution is -2.44. The van der Waals surface area contributed by atoms with Crippen LogP contribution >= 0.6 is 0 Å². The van der Waals surface area contributed by atoms with Gasteiger partial charge in [0.1, 0.15) is 12.2 Å². The normalized spacial score (nSPS) is 22.6. The van der Waals surface area contributed by atoms with E-state index in [9.17, 15) is 0 Å². The molecule has 0 aromatic carbocycles. The van der Waals surface area contributed by atoms with Crippen molar-refractivity contribution < 1.29 is 0 Å². The van der Waals surface area contributed by atoms with Crippen molar-refractivity contribution in [2.75, 3.05) is 13.1 Å². The maximum atomic E-state index is 4.69. The number of hydrogen-bond donors (Lipinski definition) is 2. The highest BCUT2D eigenvalue weighted by Crippen LogP contribution is 2.23. The molecule has 0 bridgehead atoms. The zero-order valence-corrected chi connectivity index (χ0v) is 14.2. The number of aromatic nitrogens is 3. The van der Waals surface area contributed by atoms with Gasteiger partial charge in [-0.1, -0.05) is 13.8 Å². The summed E-state index contributed by atoms with van der Waals surface area (Å²) in [4.78, 5) is 4.69. The second-order valence-corrected chi connectivity index (χ2v) is 6.16. The van der Waals surface area contributed by atoms with E-state index in [1.807, 2.05) is 0 Å². The minimum atomic E-state index is 0.565. The Balaban J connectivity index is 1.84. The van der Waals surface area contributed by atoms with Crippen LogP contribution in [0.15, 0.2) is 11.3 Å². The Labute approximate surface area is 133 Å². The summed E-state index contributed by atoms with van der Waals surface area (Å²) in [7, 11) is 0. The fourth-order valence-electron chi connectivity index (χ4n) is 2.93. The summed E-state index contributed by atoms with van der Waals surface area (Å²) in [5.74, 6) is 2.83. The largest absolute Gasteiger partial charge is 0.357 e. The molecule has 1 aromatic rings. The lowest BCUT2D eigenvalue weighted by Gasteiger charge is -2.28. The average molecular weight is 306 g/mol. The molecule has 0 atom stereocenters. The molecular formula is C16H30N6. The van der Waals surface area contributed by atoms with E-state index in [4.69, 9.17) is 4.99 Å². The van der Waals surface area contributed by atoms with Gasteiger partial charge in [-0.3, -0.25) is 4.99 Å². The van der Waals surface area contributed by atoms with Gasteiger partial charge in [0.15, 0.2) is 5.96 Å². The van der Waals surface area contributed by atoms with Crippen LogP contribution in [0.1, 0.15) is 52.3 Å². The molecule has 1 heterocycles. The second-order valence-electron chi connectivity index (χ2n) is 6.16. The molecule has 124 valence electrons. The fraction of sp³-hybridized carbons (Fsp3) is 0.812. The van der Waals surface area contributed by atoms with Crippen LogP contribution < -0.4 is 10.6 Å². The molecular weight excluding hydrogens is 276 g/mol. The Morgan fingerprint density at radius 3 is 2.77 bits per heavy atom. The first-order valence-corrected chi connectivity index (χ1v) is 8.64. The summed E-state index contributed by atoms with van der Waals surface area (Å²) in [6.07, 6.45) is 7.82. The van der Waals surface area contributed by atoms with E-state index in [1.54, 1.807) is 6.33 Å². The van der Waals surface area contributed by atoms with E-state index in [-0.39, 0.29) is 0 Å². The highest BCUT2D eigenvalue weighted by atomic mass is 15.3. The molecule has 0 amide bonds. The smallest absolute Gasteiger partial charge is 0.191 e. The van der Waals surface area contributed by atoms with E-state index in [1.165, 1.54) is 25.7 Å². The molecule has 6 heteroatoms. The second kappa shape index (κ2) is 8.76. The van der Waals surface area contributed by atoms with Gasteiger partial charge in [-0.2, -0.15) is 0 Å². The molecule has 1 aromatic heterocycles. The van der Waals surface area contributed by atoms with Crippen LogP contribution in [0.2, 0.25) is 0 Å². The molecule has 0 saturated heterocycles. The molecule has 2 rings (SSSR count). The van der Waals surface area contributed by atoms with Crippen LogP contribution in [0.4, 0.5) is 0 Å². The predicted molar refractivity (Wildman–Crippen MR) is 89.9 cm³/mol. The van der Waals surface area contributed by atoms with Gasteiger partial charge < -0.3 is 15.2 Å². The van der Waals surface area contributed by atoms with Crippen LogP contribution in [0.5, 0.6) is 0 Å². The summed E-state index contributed by atoms with van der Waals surface area (Å²) in [5.41, 5.74) is 0. The van der Waals surface area contributed by atoms with Crippen molar-refractivity contribution in [3.63, 3.8) is 0 Å². The van der Waals surface area contributed by atoms with Gasteiger partial charge >= 0.3 is 0 Å². The minimum Gasteiger partial charge on any atom is -0.357 e. The van der Waals surface area contributed by atoms with Gasteiger partial charge in [0.25, 0.3) is 0 Å². The quantitative estimate of drug-likeness (QED) is 0.623. The number of nitrogens with one attached hydrogen (secondary N) is 2. The Morgan fingerprint density at radius 1 is 1.32 bits per heavy atom. The highest BCUT2D eigenvalue weighted by Gasteiger charge is 2.18. The lowest BCUT2D eigenvalue weighted by atomic mass is 9.87. The van der Waals surface area contributed by atoms with E-state index in [0.717, 1.165) is 43.8 Å². The summed E-state index contributed by atoms with van der Waals surface area (Å²) in [6.45, 7) is 9.01. The molecule has 1 aliphatic rings. The number of aliphatic imine (C=N–C) groups is 1. The Morgan fingerprint density at radius 2 is 2.09 bits per heavy atom. The van der Waals surface area contributed by atoms with Gasteiger partial charge in [0, 0.05) is 25.6 Å². The van der Waals surface area contributed by atoms with Crippen molar-refractivity contribution in [2.45, 2.75) is 65.5 Å². The van der Waals surface area contributed by atoms with E-state index in [2.05, 4.69) is 46.2 Å². The summed E-state index contributed by atoms with van der Waals surface area (Å²) in [6, 6.07) is 0.565. The minimum absolute atomic E-state index is 0.565. The van der Waals surface area contributed by atoms with Crippen molar-refractivity contribution in [2.24, 2.45) is 10.9 Å². The SMILES string of the molecule is CCNC(=NCCn1cnnc1CC)NC1CCC(C)CC1. The van der Waals surface area contributed by atoms with Gasteiger partial charge in [-0.15, -0.1) is 10.2 Å². The van der Waals surface area contributed by atoms with Gasteiger partial charge in [0.2, 0.25) is 0 Å². The first-order chi connectivity index (χ1) is 10.7. The first kappa shape index (κ1) is 16.8. The molecule has 0 unspecified atom stereocenters. The maximum absolute atomic E-state index is 4.69. The number of guanidine groups is 1. The maximum Gasteiger partial charge on any atom is 0.191 e. The topological polar surface area (TPSA) is 67.1 Å². The molecule has 0 aliphatic heterocycles. The molecule has 22 heavy (non-hydrogen) atoms. The third kappa shape index (κ3) is 5.00. The Bertz CT molecular complexity index is 459. The number of rotatable bonds is 6. The standard InChI is InChI=1S/C16H30N6/c1-4-15-21-19-12-22(15)11-10-18-16(17-5-2)20-14-8-6-13(3)7-9-14/h12-14H,4-11H2,1-3H3,(H2,17,18,20). The van der Waals surface area contributed by atoms with Crippen LogP contribution in [0.25, 0.3) is 0 Å². The van der Waals surface area contributed by atoms with E-state index < -0.39 is 0 Å². The molecule has 0 radical (unpaired) electrons. The molecule has 0 spiro atoms. The zero-order chi connectivity index (χ0) is 15.8. The summed E-state index contributed by atoms with van der Waals surface area (Å²) in [5, 5.41) is 15.0. The van der Waals surface area contributed by atoms with Crippen molar-refractivity contribution in [3.05, 3.63) is 12.2 Å². The molecule has 1 fully saturated rings. The molecule has 6 nitrogen and oxygen atoms in total. The molecule has 1 saturated carbocycles. The monoisotopic (exact) mass is 306 g/mol. The summed E-state index contributed by atoms with van der Waals surface area (Å²) >= 11 is 0. The van der Waals surface area contributed by atoms with Gasteiger partial charge in [0.05, 0.1) is 6.54 Å². The van der Waals surface area contributed by atoms with Crippen molar-refractivity contribution in [1.29, 1.82) is 0 Å². The van der Waals surface area contributed by atoms with E-state index >= 15 is 0 Å². The number of hydrogen-bond acceptors (Lipinski definition) is 3. The van der Waals surface area contributed by atoms with Gasteiger partial charge in [-0.25, -0.2) is 0 Å². The van der Waals surface area contributed by atoms with Crippen LogP contribution in [-0.2, 0) is 13.0 Å². The van der Waals surface area contributed by atoms with Crippen LogP contribution in [-0.4, -0.2) is 39.9 Å². The van der Waals surface area contributed by atoms with Crippen molar-refractivity contribution in [1.82, 2.24) is 25.4 Å². The lowest BCUT2D eigenvalue weighted by molar-refractivity contribution is 0.329. The number of nitrogens with zero attached hydrogens (tertiary/aromatic N) is 4.